The number of nitrogens with one attached hydrogen (secondary N) is 1. The smallest absolute Gasteiger partial charge is 0.314 e. The third kappa shape index (κ3) is 6.57. The fraction of sp³-hybridized carbons (Fsp3) is 0.391. The zero-order valence-corrected chi connectivity index (χ0v) is 20.9. The predicted molar refractivity (Wildman–Crippen MR) is 130 cm³/mol. The molecule has 1 fully saturated rings. The average molecular weight is 555 g/mol. The van der Waals surface area contributed by atoms with E-state index in [9.17, 15) is 18.0 Å². The van der Waals surface area contributed by atoms with Gasteiger partial charge in [0.2, 0.25) is 12.3 Å². The van der Waals surface area contributed by atoms with Gasteiger partial charge in [0.05, 0.1) is 29.2 Å². The second-order valence-corrected chi connectivity index (χ2v) is 7.77. The van der Waals surface area contributed by atoms with Crippen molar-refractivity contribution in [1.29, 1.82) is 0 Å². The summed E-state index contributed by atoms with van der Waals surface area (Å²) in [6.07, 6.45) is 1.02. The Kier molecular flexibility index (Phi) is 9.61. The quantitative estimate of drug-likeness (QED) is 0.322. The van der Waals surface area contributed by atoms with E-state index in [0.717, 1.165) is 32.3 Å². The number of hydrogen-bond donors (Lipinski definition) is 1. The molecular formula is C23H26BrF3N6O2. The van der Waals surface area contributed by atoms with Gasteiger partial charge in [-0.3, -0.25) is 9.78 Å². The van der Waals surface area contributed by atoms with Crippen LogP contribution in [0.4, 0.5) is 24.5 Å². The summed E-state index contributed by atoms with van der Waals surface area (Å²) in [4.78, 5) is 19.8. The molecule has 1 saturated heterocycles. The second kappa shape index (κ2) is 12.6. The summed E-state index contributed by atoms with van der Waals surface area (Å²) in [6, 6.07) is 7.72. The molecule has 0 unspecified atom stereocenters. The van der Waals surface area contributed by atoms with Gasteiger partial charge in [-0.15, -0.1) is 10.2 Å². The average Bonchev–Trinajstić information content (AvgIpc) is 3.38. The van der Waals surface area contributed by atoms with Crippen molar-refractivity contribution in [3.05, 3.63) is 53.9 Å². The van der Waals surface area contributed by atoms with Crippen LogP contribution in [-0.4, -0.2) is 53.6 Å². The van der Waals surface area contributed by atoms with Crippen LogP contribution in [0.25, 0.3) is 11.5 Å². The Balaban J connectivity index is 0.00000167. The number of pyridine rings is 1. The molecular weight excluding hydrogens is 529 g/mol. The molecule has 12 heteroatoms. The molecule has 0 saturated carbocycles. The highest BCUT2D eigenvalue weighted by molar-refractivity contribution is 9.08. The normalized spacial score (nSPS) is 13.8. The molecule has 0 atom stereocenters. The fourth-order valence-corrected chi connectivity index (χ4v) is 3.86. The molecule has 0 radical (unpaired) electrons. The van der Waals surface area contributed by atoms with Crippen LogP contribution in [0, 0.1) is 5.82 Å². The number of anilines is 2. The zero-order valence-electron chi connectivity index (χ0n) is 19.3. The van der Waals surface area contributed by atoms with E-state index >= 15 is 0 Å². The molecule has 1 N–H and O–H groups in total. The summed E-state index contributed by atoms with van der Waals surface area (Å²) in [5.74, 6) is 0.605. The molecule has 1 amide bonds. The maximum Gasteiger partial charge on any atom is 0.314 e. The minimum atomic E-state index is -2.84. The van der Waals surface area contributed by atoms with E-state index < -0.39 is 18.1 Å². The van der Waals surface area contributed by atoms with Gasteiger partial charge < -0.3 is 19.5 Å². The van der Waals surface area contributed by atoms with Gasteiger partial charge in [-0.1, -0.05) is 15.9 Å². The minimum Gasteiger partial charge on any atom is -0.415 e. The molecule has 4 rings (SSSR count). The van der Waals surface area contributed by atoms with E-state index in [4.69, 9.17) is 4.42 Å². The van der Waals surface area contributed by atoms with Crippen molar-refractivity contribution in [2.45, 2.75) is 31.9 Å². The molecule has 0 spiro atoms. The van der Waals surface area contributed by atoms with Gasteiger partial charge >= 0.3 is 6.43 Å². The molecule has 3 heterocycles. The third-order valence-electron chi connectivity index (χ3n) is 5.54. The van der Waals surface area contributed by atoms with Gasteiger partial charge in [-0.2, -0.15) is 8.78 Å². The Morgan fingerprint density at radius 1 is 1.17 bits per heavy atom. The SMILES string of the molecule is CBr.CN(Cc1ccc(-c2nnc(C(F)F)o2)cn1)c1cc(F)ccc1N(C=O)C1CCNCC1. The number of alkyl halides is 3. The van der Waals surface area contributed by atoms with E-state index in [2.05, 4.69) is 36.4 Å². The summed E-state index contributed by atoms with van der Waals surface area (Å²) in [7, 11) is 1.78. The van der Waals surface area contributed by atoms with Crippen molar-refractivity contribution in [3.63, 3.8) is 0 Å². The largest absolute Gasteiger partial charge is 0.415 e. The lowest BCUT2D eigenvalue weighted by Gasteiger charge is -2.34. The lowest BCUT2D eigenvalue weighted by atomic mass is 10.0. The maximum atomic E-state index is 14.1. The number of piperidine rings is 1. The summed E-state index contributed by atoms with van der Waals surface area (Å²) in [5, 5.41) is 10.2. The predicted octanol–water partition coefficient (Wildman–Crippen LogP) is 4.57. The number of carbonyl (C=O) groups is 1. The Morgan fingerprint density at radius 2 is 1.91 bits per heavy atom. The van der Waals surface area contributed by atoms with Crippen LogP contribution in [0.15, 0.2) is 40.9 Å². The van der Waals surface area contributed by atoms with E-state index in [1.165, 1.54) is 18.3 Å². The summed E-state index contributed by atoms with van der Waals surface area (Å²) >= 11 is 2.94. The van der Waals surface area contributed by atoms with E-state index in [1.54, 1.807) is 35.0 Å². The van der Waals surface area contributed by atoms with Crippen molar-refractivity contribution in [2.24, 2.45) is 0 Å². The Labute approximate surface area is 209 Å². The number of amides is 1. The highest BCUT2D eigenvalue weighted by Crippen LogP contribution is 2.33. The first-order chi connectivity index (χ1) is 17.0. The van der Waals surface area contributed by atoms with Crippen molar-refractivity contribution < 1.29 is 22.4 Å². The number of carbonyl (C=O) groups excluding carboxylic acids is 1. The number of hydrogen-bond acceptors (Lipinski definition) is 7. The van der Waals surface area contributed by atoms with Crippen LogP contribution in [-0.2, 0) is 11.3 Å². The van der Waals surface area contributed by atoms with Gasteiger partial charge in [0.25, 0.3) is 5.89 Å². The molecule has 1 aliphatic rings. The first-order valence-corrected chi connectivity index (χ1v) is 12.4. The van der Waals surface area contributed by atoms with E-state index in [-0.39, 0.29) is 11.9 Å². The molecule has 0 bridgehead atoms. The molecule has 188 valence electrons. The molecule has 1 aromatic carbocycles. The maximum absolute atomic E-state index is 14.1. The number of benzene rings is 1. The lowest BCUT2D eigenvalue weighted by molar-refractivity contribution is -0.108. The van der Waals surface area contributed by atoms with Gasteiger partial charge in [0.15, 0.2) is 0 Å². The van der Waals surface area contributed by atoms with Crippen molar-refractivity contribution in [2.75, 3.05) is 35.8 Å². The highest BCUT2D eigenvalue weighted by atomic mass is 79.9. The molecule has 2 aromatic heterocycles. The molecule has 1 aliphatic heterocycles. The zero-order chi connectivity index (χ0) is 25.4. The number of aromatic nitrogens is 3. The number of rotatable bonds is 8. The van der Waals surface area contributed by atoms with Crippen LogP contribution < -0.4 is 15.1 Å². The standard InChI is InChI=1S/C22H23F3N6O2.CH3Br/c1-30(12-16-4-2-14(11-27-16)21-28-29-22(33-21)20(24)25)19-10-15(23)3-5-18(19)31(13-32)17-6-8-26-9-7-17;1-2/h2-5,10-11,13,17,20,26H,6-9,12H2,1H3;1H3. The van der Waals surface area contributed by atoms with Crippen LogP contribution in [0.2, 0.25) is 0 Å². The number of halogens is 4. The topological polar surface area (TPSA) is 87.4 Å². The molecule has 3 aromatic rings. The lowest BCUT2D eigenvalue weighted by Crippen LogP contribution is -2.43. The first-order valence-electron chi connectivity index (χ1n) is 10.9. The van der Waals surface area contributed by atoms with E-state index in [0.29, 0.717) is 29.2 Å². The summed E-state index contributed by atoms with van der Waals surface area (Å²) in [6.45, 7) is 1.95. The first kappa shape index (κ1) is 26.6. The van der Waals surface area contributed by atoms with Gasteiger partial charge in [0, 0.05) is 19.3 Å². The van der Waals surface area contributed by atoms with E-state index in [1.807, 2.05) is 5.83 Å². The second-order valence-electron chi connectivity index (χ2n) is 7.77. The van der Waals surface area contributed by atoms with Crippen molar-refractivity contribution >= 4 is 33.7 Å². The van der Waals surface area contributed by atoms with Gasteiger partial charge in [0.1, 0.15) is 5.82 Å². The molecule has 8 nitrogen and oxygen atoms in total. The molecule has 0 aliphatic carbocycles. The number of nitrogens with zero attached hydrogens (tertiary/aromatic N) is 5. The fourth-order valence-electron chi connectivity index (χ4n) is 3.86. The van der Waals surface area contributed by atoms with Gasteiger partial charge in [-0.05, 0) is 62.1 Å². The Hall–Kier alpha value is -2.99. The van der Waals surface area contributed by atoms with Crippen LogP contribution in [0.1, 0.15) is 30.9 Å². The van der Waals surface area contributed by atoms with Crippen LogP contribution in [0.5, 0.6) is 0 Å². The minimum absolute atomic E-state index is 0.0336. The monoisotopic (exact) mass is 554 g/mol. The highest BCUT2D eigenvalue weighted by Gasteiger charge is 2.24. The van der Waals surface area contributed by atoms with Crippen LogP contribution in [0.3, 0.4) is 0 Å². The van der Waals surface area contributed by atoms with Crippen molar-refractivity contribution in [1.82, 2.24) is 20.5 Å². The molecule has 35 heavy (non-hydrogen) atoms. The Bertz CT molecular complexity index is 1090. The van der Waals surface area contributed by atoms with Gasteiger partial charge in [-0.25, -0.2) is 4.39 Å². The summed E-state index contributed by atoms with van der Waals surface area (Å²) in [5.41, 5.74) is 2.24. The van der Waals surface area contributed by atoms with Crippen molar-refractivity contribution in [3.8, 4) is 11.5 Å². The third-order valence-corrected chi connectivity index (χ3v) is 5.54. The Morgan fingerprint density at radius 3 is 2.51 bits per heavy atom. The van der Waals surface area contributed by atoms with Crippen LogP contribution >= 0.6 is 15.9 Å². The summed E-state index contributed by atoms with van der Waals surface area (Å²) < 4.78 is 44.4.